The van der Waals surface area contributed by atoms with E-state index in [2.05, 4.69) is 44.9 Å². The SMILES string of the molecule is Cc1cc(/C=N\NC(=O)COc2ccc(Br)cc2)cn1C(C)C. The van der Waals surface area contributed by atoms with Gasteiger partial charge in [0.15, 0.2) is 6.61 Å². The molecule has 5 nitrogen and oxygen atoms in total. The van der Waals surface area contributed by atoms with Crippen LogP contribution in [-0.4, -0.2) is 23.3 Å². The summed E-state index contributed by atoms with van der Waals surface area (Å²) < 4.78 is 8.48. The van der Waals surface area contributed by atoms with Gasteiger partial charge in [0.2, 0.25) is 0 Å². The maximum absolute atomic E-state index is 11.7. The summed E-state index contributed by atoms with van der Waals surface area (Å²) in [7, 11) is 0. The molecule has 2 aromatic rings. The quantitative estimate of drug-likeness (QED) is 0.616. The van der Waals surface area contributed by atoms with Crippen LogP contribution in [0.2, 0.25) is 0 Å². The minimum Gasteiger partial charge on any atom is -0.484 e. The monoisotopic (exact) mass is 377 g/mol. The molecule has 0 radical (unpaired) electrons. The van der Waals surface area contributed by atoms with Gasteiger partial charge in [-0.2, -0.15) is 5.10 Å². The number of benzene rings is 1. The van der Waals surface area contributed by atoms with Gasteiger partial charge >= 0.3 is 0 Å². The Morgan fingerprint density at radius 1 is 1.39 bits per heavy atom. The van der Waals surface area contributed by atoms with Crippen LogP contribution in [0.1, 0.15) is 31.1 Å². The van der Waals surface area contributed by atoms with E-state index in [1.54, 1.807) is 18.3 Å². The van der Waals surface area contributed by atoms with Crippen molar-refractivity contribution in [3.63, 3.8) is 0 Å². The lowest BCUT2D eigenvalue weighted by molar-refractivity contribution is -0.123. The van der Waals surface area contributed by atoms with Crippen LogP contribution in [0.25, 0.3) is 0 Å². The molecule has 1 aromatic heterocycles. The van der Waals surface area contributed by atoms with Gasteiger partial charge in [-0.1, -0.05) is 15.9 Å². The Bertz CT molecular complexity index is 690. The Labute approximate surface area is 144 Å². The number of hydrogen-bond acceptors (Lipinski definition) is 3. The number of carbonyl (C=O) groups excluding carboxylic acids is 1. The Morgan fingerprint density at radius 2 is 2.09 bits per heavy atom. The van der Waals surface area contributed by atoms with E-state index in [1.165, 1.54) is 0 Å². The molecule has 1 aromatic carbocycles. The van der Waals surface area contributed by atoms with E-state index in [0.29, 0.717) is 11.8 Å². The van der Waals surface area contributed by atoms with E-state index < -0.39 is 0 Å². The summed E-state index contributed by atoms with van der Waals surface area (Å²) in [5, 5.41) is 3.96. The molecule has 1 amide bonds. The van der Waals surface area contributed by atoms with E-state index in [4.69, 9.17) is 4.74 Å². The second-order valence-corrected chi connectivity index (χ2v) is 6.37. The fourth-order valence-electron chi connectivity index (χ4n) is 2.13. The maximum atomic E-state index is 11.7. The fraction of sp³-hybridized carbons (Fsp3) is 0.294. The smallest absolute Gasteiger partial charge is 0.277 e. The first-order valence-corrected chi connectivity index (χ1v) is 8.14. The molecule has 1 N–H and O–H groups in total. The number of ether oxygens (including phenoxy) is 1. The van der Waals surface area contributed by atoms with Gasteiger partial charge < -0.3 is 9.30 Å². The minimum atomic E-state index is -0.302. The van der Waals surface area contributed by atoms with Crippen molar-refractivity contribution in [2.24, 2.45) is 5.10 Å². The number of amides is 1. The molecular formula is C17H20BrN3O2. The highest BCUT2D eigenvalue weighted by molar-refractivity contribution is 9.10. The molecular weight excluding hydrogens is 358 g/mol. The number of aryl methyl sites for hydroxylation is 1. The summed E-state index contributed by atoms with van der Waals surface area (Å²) in [5.41, 5.74) is 4.57. The zero-order valence-electron chi connectivity index (χ0n) is 13.4. The normalized spacial score (nSPS) is 11.2. The highest BCUT2D eigenvalue weighted by atomic mass is 79.9. The number of nitrogens with zero attached hydrogens (tertiary/aromatic N) is 2. The van der Waals surface area contributed by atoms with Crippen molar-refractivity contribution in [1.82, 2.24) is 9.99 Å². The largest absolute Gasteiger partial charge is 0.484 e. The van der Waals surface area contributed by atoms with Gasteiger partial charge in [0, 0.05) is 28.0 Å². The average molecular weight is 378 g/mol. The van der Waals surface area contributed by atoms with Crippen molar-refractivity contribution in [3.05, 3.63) is 52.3 Å². The van der Waals surface area contributed by atoms with Crippen molar-refractivity contribution < 1.29 is 9.53 Å². The number of carbonyl (C=O) groups is 1. The average Bonchev–Trinajstić information content (AvgIpc) is 2.88. The first-order chi connectivity index (χ1) is 11.0. The van der Waals surface area contributed by atoms with Gasteiger partial charge in [0.05, 0.1) is 6.21 Å². The first-order valence-electron chi connectivity index (χ1n) is 7.34. The molecule has 0 aliphatic rings. The van der Waals surface area contributed by atoms with E-state index in [9.17, 15) is 4.79 Å². The van der Waals surface area contributed by atoms with Crippen molar-refractivity contribution in [2.75, 3.05) is 6.61 Å². The lowest BCUT2D eigenvalue weighted by Crippen LogP contribution is -2.24. The molecule has 1 heterocycles. The van der Waals surface area contributed by atoms with E-state index in [1.807, 2.05) is 31.3 Å². The molecule has 0 atom stereocenters. The van der Waals surface area contributed by atoms with Crippen molar-refractivity contribution >= 4 is 28.1 Å². The van der Waals surface area contributed by atoms with Gasteiger partial charge in [-0.15, -0.1) is 0 Å². The lowest BCUT2D eigenvalue weighted by atomic mass is 10.3. The first kappa shape index (κ1) is 17.3. The maximum Gasteiger partial charge on any atom is 0.277 e. The molecule has 0 unspecified atom stereocenters. The van der Waals surface area contributed by atoms with Crippen LogP contribution in [0.5, 0.6) is 5.75 Å². The molecule has 6 heteroatoms. The number of rotatable bonds is 6. The Balaban J connectivity index is 1.81. The molecule has 122 valence electrons. The molecule has 0 aliphatic carbocycles. The van der Waals surface area contributed by atoms with Gasteiger partial charge in [-0.3, -0.25) is 4.79 Å². The number of aromatic nitrogens is 1. The van der Waals surface area contributed by atoms with Crippen molar-refractivity contribution in [1.29, 1.82) is 0 Å². The Kier molecular flexibility index (Phi) is 5.98. The number of hydrogen-bond donors (Lipinski definition) is 1. The van der Waals surface area contributed by atoms with E-state index in [-0.39, 0.29) is 12.5 Å². The summed E-state index contributed by atoms with van der Waals surface area (Å²) in [4.78, 5) is 11.7. The predicted octanol–water partition coefficient (Wildman–Crippen LogP) is 3.67. The highest BCUT2D eigenvalue weighted by Crippen LogP contribution is 2.16. The standard InChI is InChI=1S/C17H20BrN3O2/c1-12(2)21-10-14(8-13(21)3)9-19-20-17(22)11-23-16-6-4-15(18)5-7-16/h4-10,12H,11H2,1-3H3,(H,20,22)/b19-9-. The highest BCUT2D eigenvalue weighted by Gasteiger charge is 2.04. The second kappa shape index (κ2) is 7.97. The zero-order valence-corrected chi connectivity index (χ0v) is 15.0. The molecule has 0 bridgehead atoms. The van der Waals surface area contributed by atoms with Crippen LogP contribution in [-0.2, 0) is 4.79 Å². The lowest BCUT2D eigenvalue weighted by Gasteiger charge is -2.08. The third kappa shape index (κ3) is 5.25. The molecule has 0 fully saturated rings. The number of hydrazone groups is 1. The fourth-order valence-corrected chi connectivity index (χ4v) is 2.40. The van der Waals surface area contributed by atoms with Crippen LogP contribution in [0.3, 0.4) is 0 Å². The van der Waals surface area contributed by atoms with Crippen molar-refractivity contribution in [3.8, 4) is 5.75 Å². The number of nitrogens with one attached hydrogen (secondary N) is 1. The van der Waals surface area contributed by atoms with Crippen LogP contribution in [0, 0.1) is 6.92 Å². The summed E-state index contributed by atoms with van der Waals surface area (Å²) in [6, 6.07) is 9.70. The van der Waals surface area contributed by atoms with E-state index in [0.717, 1.165) is 15.7 Å². The summed E-state index contributed by atoms with van der Waals surface area (Å²) in [5.74, 6) is 0.334. The summed E-state index contributed by atoms with van der Waals surface area (Å²) >= 11 is 3.34. The molecule has 0 spiro atoms. The topological polar surface area (TPSA) is 55.6 Å². The van der Waals surface area contributed by atoms with Gasteiger partial charge in [0.25, 0.3) is 5.91 Å². The van der Waals surface area contributed by atoms with Crippen LogP contribution < -0.4 is 10.2 Å². The predicted molar refractivity (Wildman–Crippen MR) is 94.9 cm³/mol. The van der Waals surface area contributed by atoms with E-state index >= 15 is 0 Å². The zero-order chi connectivity index (χ0) is 16.8. The molecule has 0 aliphatic heterocycles. The Morgan fingerprint density at radius 3 is 2.70 bits per heavy atom. The summed E-state index contributed by atoms with van der Waals surface area (Å²) in [6.07, 6.45) is 3.64. The second-order valence-electron chi connectivity index (χ2n) is 5.45. The van der Waals surface area contributed by atoms with Crippen LogP contribution in [0.4, 0.5) is 0 Å². The van der Waals surface area contributed by atoms with Gasteiger partial charge in [0.1, 0.15) is 5.75 Å². The van der Waals surface area contributed by atoms with Crippen LogP contribution >= 0.6 is 15.9 Å². The molecule has 0 saturated heterocycles. The third-order valence-corrected chi connectivity index (χ3v) is 3.74. The summed E-state index contributed by atoms with van der Waals surface area (Å²) in [6.45, 7) is 6.21. The molecule has 2 rings (SSSR count). The molecule has 23 heavy (non-hydrogen) atoms. The Hall–Kier alpha value is -2.08. The van der Waals surface area contributed by atoms with Crippen molar-refractivity contribution in [2.45, 2.75) is 26.8 Å². The minimum absolute atomic E-state index is 0.0784. The van der Waals surface area contributed by atoms with Gasteiger partial charge in [-0.05, 0) is 51.1 Å². The van der Waals surface area contributed by atoms with Gasteiger partial charge in [-0.25, -0.2) is 5.43 Å². The third-order valence-electron chi connectivity index (χ3n) is 3.21. The van der Waals surface area contributed by atoms with Crippen LogP contribution in [0.15, 0.2) is 46.1 Å². The number of halogens is 1. The molecule has 0 saturated carbocycles.